The molecule has 0 unspecified atom stereocenters. The Hall–Kier alpha value is -2.99. The maximum atomic E-state index is 12.8. The number of carbonyl (C=O) groups is 1. The van der Waals surface area contributed by atoms with E-state index in [1.54, 1.807) is 0 Å². The molecule has 6 nitrogen and oxygen atoms in total. The predicted molar refractivity (Wildman–Crippen MR) is 103 cm³/mol. The van der Waals surface area contributed by atoms with Crippen molar-refractivity contribution in [3.8, 4) is 0 Å². The van der Waals surface area contributed by atoms with Crippen molar-refractivity contribution in [1.82, 2.24) is 19.7 Å². The molecule has 0 aliphatic carbocycles. The standard InChI is InChI=1S/C21H23N5O/c22-20(17-9-5-2-6-10-17)21(27)25-12-11-19-23-18(24-26(19)14-13-25)15-16-7-3-1-4-8-16/h1-10,20H,11-15,22H2/t20-/m1/s1. The molecule has 0 saturated carbocycles. The molecular weight excluding hydrogens is 338 g/mol. The highest BCUT2D eigenvalue weighted by Gasteiger charge is 2.25. The van der Waals surface area contributed by atoms with Gasteiger partial charge in [0.2, 0.25) is 5.91 Å². The van der Waals surface area contributed by atoms with Crippen LogP contribution in [0.5, 0.6) is 0 Å². The zero-order valence-corrected chi connectivity index (χ0v) is 15.2. The summed E-state index contributed by atoms with van der Waals surface area (Å²) in [4.78, 5) is 19.3. The average Bonchev–Trinajstić information content (AvgIpc) is 2.99. The monoisotopic (exact) mass is 361 g/mol. The summed E-state index contributed by atoms with van der Waals surface area (Å²) in [5.41, 5.74) is 8.22. The number of benzene rings is 2. The van der Waals surface area contributed by atoms with Gasteiger partial charge in [0.1, 0.15) is 11.9 Å². The Morgan fingerprint density at radius 1 is 1.00 bits per heavy atom. The summed E-state index contributed by atoms with van der Waals surface area (Å²) in [6.45, 7) is 1.85. The molecule has 1 aliphatic heterocycles. The van der Waals surface area contributed by atoms with Crippen LogP contribution in [0.4, 0.5) is 0 Å². The van der Waals surface area contributed by atoms with E-state index in [1.807, 2.05) is 58.1 Å². The van der Waals surface area contributed by atoms with Crippen molar-refractivity contribution in [3.05, 3.63) is 83.4 Å². The summed E-state index contributed by atoms with van der Waals surface area (Å²) >= 11 is 0. The minimum atomic E-state index is -0.627. The van der Waals surface area contributed by atoms with Crippen molar-refractivity contribution in [3.63, 3.8) is 0 Å². The Morgan fingerprint density at radius 3 is 2.44 bits per heavy atom. The molecule has 4 rings (SSSR count). The molecule has 27 heavy (non-hydrogen) atoms. The highest BCUT2D eigenvalue weighted by molar-refractivity contribution is 5.83. The third-order valence-corrected chi connectivity index (χ3v) is 4.92. The fourth-order valence-electron chi connectivity index (χ4n) is 3.43. The fraction of sp³-hybridized carbons (Fsp3) is 0.286. The highest BCUT2D eigenvalue weighted by atomic mass is 16.2. The summed E-state index contributed by atoms with van der Waals surface area (Å²) in [6, 6.07) is 19.1. The topological polar surface area (TPSA) is 77.0 Å². The van der Waals surface area contributed by atoms with Gasteiger partial charge in [-0.15, -0.1) is 0 Å². The van der Waals surface area contributed by atoms with Crippen LogP contribution >= 0.6 is 0 Å². The number of rotatable bonds is 4. The summed E-state index contributed by atoms with van der Waals surface area (Å²) in [6.07, 6.45) is 1.41. The van der Waals surface area contributed by atoms with Crippen LogP contribution in [0.25, 0.3) is 0 Å². The Kier molecular flexibility index (Phi) is 4.98. The molecule has 1 aliphatic rings. The second-order valence-corrected chi connectivity index (χ2v) is 6.79. The van der Waals surface area contributed by atoms with Gasteiger partial charge in [-0.1, -0.05) is 60.7 Å². The number of aromatic nitrogens is 3. The lowest BCUT2D eigenvalue weighted by molar-refractivity contribution is -0.132. The largest absolute Gasteiger partial charge is 0.339 e. The van der Waals surface area contributed by atoms with E-state index in [0.717, 1.165) is 23.6 Å². The number of fused-ring (bicyclic) bond motifs is 1. The third-order valence-electron chi connectivity index (χ3n) is 4.92. The normalized spacial score (nSPS) is 15.1. The average molecular weight is 361 g/mol. The first-order chi connectivity index (χ1) is 13.2. The van der Waals surface area contributed by atoms with Gasteiger partial charge in [-0.3, -0.25) is 4.79 Å². The van der Waals surface area contributed by atoms with Gasteiger partial charge in [-0.05, 0) is 11.1 Å². The van der Waals surface area contributed by atoms with E-state index in [-0.39, 0.29) is 5.91 Å². The lowest BCUT2D eigenvalue weighted by atomic mass is 10.1. The van der Waals surface area contributed by atoms with E-state index < -0.39 is 6.04 Å². The van der Waals surface area contributed by atoms with Crippen molar-refractivity contribution >= 4 is 5.91 Å². The fourth-order valence-corrected chi connectivity index (χ4v) is 3.43. The molecule has 0 fully saturated rings. The molecule has 3 aromatic rings. The molecule has 2 heterocycles. The van der Waals surface area contributed by atoms with Gasteiger partial charge in [0.15, 0.2) is 5.82 Å². The first-order valence-electron chi connectivity index (χ1n) is 9.26. The quantitative estimate of drug-likeness (QED) is 0.771. The van der Waals surface area contributed by atoms with Gasteiger partial charge in [-0.2, -0.15) is 5.10 Å². The molecule has 1 atom stereocenters. The van der Waals surface area contributed by atoms with E-state index in [2.05, 4.69) is 22.2 Å². The second-order valence-electron chi connectivity index (χ2n) is 6.79. The molecule has 2 N–H and O–H groups in total. The Balaban J connectivity index is 1.42. The zero-order chi connectivity index (χ0) is 18.6. The van der Waals surface area contributed by atoms with Crippen LogP contribution in [0.2, 0.25) is 0 Å². The molecular formula is C21H23N5O. The Labute approximate surface area is 158 Å². The van der Waals surface area contributed by atoms with Crippen molar-refractivity contribution in [2.45, 2.75) is 25.4 Å². The molecule has 1 aromatic heterocycles. The Morgan fingerprint density at radius 2 is 1.70 bits per heavy atom. The maximum absolute atomic E-state index is 12.8. The second kappa shape index (κ2) is 7.72. The number of amides is 1. The van der Waals surface area contributed by atoms with E-state index >= 15 is 0 Å². The third kappa shape index (κ3) is 3.90. The molecule has 0 spiro atoms. The molecule has 0 bridgehead atoms. The van der Waals surface area contributed by atoms with E-state index in [4.69, 9.17) is 5.73 Å². The van der Waals surface area contributed by atoms with Crippen LogP contribution in [0, 0.1) is 0 Å². The van der Waals surface area contributed by atoms with E-state index in [9.17, 15) is 4.79 Å². The molecule has 138 valence electrons. The molecule has 0 radical (unpaired) electrons. The number of nitrogens with zero attached hydrogens (tertiary/aromatic N) is 4. The smallest absolute Gasteiger partial charge is 0.244 e. The zero-order valence-electron chi connectivity index (χ0n) is 15.2. The summed E-state index contributed by atoms with van der Waals surface area (Å²) in [5.74, 6) is 1.72. The van der Waals surface area contributed by atoms with Gasteiger partial charge in [-0.25, -0.2) is 9.67 Å². The Bertz CT molecular complexity index is 881. The van der Waals surface area contributed by atoms with Crippen LogP contribution in [0.1, 0.15) is 28.8 Å². The van der Waals surface area contributed by atoms with Crippen molar-refractivity contribution in [2.24, 2.45) is 5.73 Å². The van der Waals surface area contributed by atoms with Gasteiger partial charge in [0.25, 0.3) is 0 Å². The minimum absolute atomic E-state index is 0.0449. The number of carbonyl (C=O) groups excluding carboxylic acids is 1. The lowest BCUT2D eigenvalue weighted by Crippen LogP contribution is -2.40. The first kappa shape index (κ1) is 17.4. The highest BCUT2D eigenvalue weighted by Crippen LogP contribution is 2.16. The van der Waals surface area contributed by atoms with Gasteiger partial charge in [0.05, 0.1) is 6.54 Å². The van der Waals surface area contributed by atoms with Gasteiger partial charge in [0, 0.05) is 25.9 Å². The number of hydrogen-bond donors (Lipinski definition) is 1. The van der Waals surface area contributed by atoms with Crippen LogP contribution < -0.4 is 5.73 Å². The molecule has 0 saturated heterocycles. The van der Waals surface area contributed by atoms with E-state index in [0.29, 0.717) is 26.1 Å². The van der Waals surface area contributed by atoms with Crippen LogP contribution in [0.15, 0.2) is 60.7 Å². The van der Waals surface area contributed by atoms with Crippen molar-refractivity contribution in [2.75, 3.05) is 13.1 Å². The van der Waals surface area contributed by atoms with Crippen molar-refractivity contribution in [1.29, 1.82) is 0 Å². The van der Waals surface area contributed by atoms with Crippen LogP contribution in [-0.2, 0) is 24.2 Å². The van der Waals surface area contributed by atoms with Crippen LogP contribution in [-0.4, -0.2) is 38.7 Å². The van der Waals surface area contributed by atoms with Gasteiger partial charge < -0.3 is 10.6 Å². The van der Waals surface area contributed by atoms with Gasteiger partial charge >= 0.3 is 0 Å². The van der Waals surface area contributed by atoms with Crippen LogP contribution in [0.3, 0.4) is 0 Å². The SMILES string of the molecule is N[C@@H](C(=O)N1CCc2nc(Cc3ccccc3)nn2CC1)c1ccccc1. The number of nitrogens with two attached hydrogens (primary N) is 1. The minimum Gasteiger partial charge on any atom is -0.339 e. The number of hydrogen-bond acceptors (Lipinski definition) is 4. The molecule has 6 heteroatoms. The molecule has 1 amide bonds. The summed E-state index contributed by atoms with van der Waals surface area (Å²) < 4.78 is 1.93. The summed E-state index contributed by atoms with van der Waals surface area (Å²) in [5, 5.41) is 4.64. The molecule has 2 aromatic carbocycles. The van der Waals surface area contributed by atoms with E-state index in [1.165, 1.54) is 5.56 Å². The predicted octanol–water partition coefficient (Wildman–Crippen LogP) is 1.95. The lowest BCUT2D eigenvalue weighted by Gasteiger charge is -2.23. The maximum Gasteiger partial charge on any atom is 0.244 e. The summed E-state index contributed by atoms with van der Waals surface area (Å²) in [7, 11) is 0. The van der Waals surface area contributed by atoms with Crippen molar-refractivity contribution < 1.29 is 4.79 Å². The first-order valence-corrected chi connectivity index (χ1v) is 9.26.